The van der Waals surface area contributed by atoms with Crippen LogP contribution in [0.4, 0.5) is 0 Å². The number of rotatable bonds is 42. The molecule has 7 nitrogen and oxygen atoms in total. The van der Waals surface area contributed by atoms with Crippen molar-refractivity contribution in [1.29, 1.82) is 0 Å². The third-order valence-electron chi connectivity index (χ3n) is 10.5. The number of ether oxygens (including phenoxy) is 2. The van der Waals surface area contributed by atoms with Crippen molar-refractivity contribution in [2.45, 2.75) is 257 Å². The van der Waals surface area contributed by atoms with Crippen LogP contribution in [0.1, 0.15) is 253 Å². The number of hydrogen-bond donors (Lipinski definition) is 1. The van der Waals surface area contributed by atoms with Crippen LogP contribution in [-0.4, -0.2) is 43.4 Å². The summed E-state index contributed by atoms with van der Waals surface area (Å²) < 4.78 is 43.5. The summed E-state index contributed by atoms with van der Waals surface area (Å²) in [4.78, 5) is 24.6. The van der Waals surface area contributed by atoms with Crippen LogP contribution in [0, 0.1) is 0 Å². The van der Waals surface area contributed by atoms with Crippen LogP contribution in [0.3, 0.4) is 0 Å². The van der Waals surface area contributed by atoms with Gasteiger partial charge in [-0.25, -0.2) is 0 Å². The predicted molar refractivity (Wildman–Crippen MR) is 221 cm³/mol. The van der Waals surface area contributed by atoms with Gasteiger partial charge >= 0.3 is 30.8 Å². The molecule has 0 rings (SSSR count). The Morgan fingerprint density at radius 2 is 0.660 bits per heavy atom. The van der Waals surface area contributed by atoms with Crippen LogP contribution in [0.15, 0.2) is 0 Å². The molecule has 9 heteroatoms. The molecule has 0 aliphatic rings. The Kier molecular flexibility index (Phi) is 43.8. The zero-order valence-corrected chi connectivity index (χ0v) is 36.3. The van der Waals surface area contributed by atoms with Gasteiger partial charge in [-0.05, 0) is 12.8 Å². The van der Waals surface area contributed by atoms with Gasteiger partial charge in [0, 0.05) is 0 Å². The van der Waals surface area contributed by atoms with E-state index >= 15 is 0 Å². The van der Waals surface area contributed by atoms with Gasteiger partial charge in [0.25, 0.3) is 10.1 Å². The number of carbonyl (C=O) groups is 2. The summed E-state index contributed by atoms with van der Waals surface area (Å²) in [7, 11) is -4.77. The predicted octanol–water partition coefficient (Wildman–Crippen LogP) is 10.9. The fraction of sp³-hybridized carbons (Fsp3) is 0.955. The molecule has 0 aliphatic carbocycles. The molecule has 0 saturated carbocycles. The molecule has 0 amide bonds. The maximum absolute atomic E-state index is 12.4. The first-order valence-corrected chi connectivity index (χ1v) is 24.1. The van der Waals surface area contributed by atoms with Crippen molar-refractivity contribution in [3.8, 4) is 0 Å². The van der Waals surface area contributed by atoms with Crippen molar-refractivity contribution >= 4 is 22.1 Å². The Balaban J connectivity index is -0.0000130. The first-order chi connectivity index (χ1) is 25.3. The van der Waals surface area contributed by atoms with E-state index in [0.717, 1.165) is 32.1 Å². The summed E-state index contributed by atoms with van der Waals surface area (Å²) in [6.45, 7) is 4.80. The average Bonchev–Trinajstić information content (AvgIpc) is 3.12. The largest absolute Gasteiger partial charge is 1.00 e. The normalized spacial score (nSPS) is 12.1. The number of carbonyl (C=O) groups excluding carboxylic acids is 2. The molecule has 0 radical (unpaired) electrons. The Bertz CT molecular complexity index is 890. The standard InChI is InChI=1S/C44H86O7S.Li.H/c1-3-5-7-9-11-13-15-17-19-21-23-25-27-29-31-33-35-37-39-50-43(45)41-42(52(47,48)49)44(46)51-40-38-36-34-32-30-28-26-24-22-20-18-16-14-12-10-8-6-4-2;;/h42H,3-41H2,1-2H3,(H,47,48,49);;/q;+1;-1. The molecule has 0 aromatic heterocycles. The van der Waals surface area contributed by atoms with Crippen molar-refractivity contribution in [1.82, 2.24) is 0 Å². The molecule has 0 bridgehead atoms. The monoisotopic (exact) mass is 767 g/mol. The summed E-state index contributed by atoms with van der Waals surface area (Å²) in [5.74, 6) is -1.89. The number of unbranched alkanes of at least 4 members (excludes halogenated alkanes) is 34. The van der Waals surface area contributed by atoms with Crippen LogP contribution < -0.4 is 18.9 Å². The molecule has 0 saturated heterocycles. The summed E-state index contributed by atoms with van der Waals surface area (Å²) in [6, 6.07) is 0. The van der Waals surface area contributed by atoms with Crippen LogP contribution in [0.5, 0.6) is 0 Å². The minimum absolute atomic E-state index is 0. The van der Waals surface area contributed by atoms with Gasteiger partial charge in [-0.2, -0.15) is 8.42 Å². The van der Waals surface area contributed by atoms with Gasteiger partial charge in [0.15, 0.2) is 5.25 Å². The van der Waals surface area contributed by atoms with Crippen molar-refractivity contribution in [3.05, 3.63) is 0 Å². The smallest absolute Gasteiger partial charge is 1.00 e. The van der Waals surface area contributed by atoms with E-state index in [0.29, 0.717) is 12.8 Å². The third kappa shape index (κ3) is 40.9. The maximum atomic E-state index is 12.4. The Morgan fingerprint density at radius 3 is 0.906 bits per heavy atom. The molecule has 0 spiro atoms. The molecule has 1 atom stereocenters. The third-order valence-corrected chi connectivity index (χ3v) is 11.6. The van der Waals surface area contributed by atoms with E-state index in [-0.39, 0.29) is 33.5 Å². The minimum atomic E-state index is -4.77. The van der Waals surface area contributed by atoms with E-state index in [1.807, 2.05) is 0 Å². The number of esters is 2. The van der Waals surface area contributed by atoms with Gasteiger partial charge in [-0.3, -0.25) is 14.1 Å². The molecule has 1 unspecified atom stereocenters. The molecular formula is C44H87LiO7S. The maximum Gasteiger partial charge on any atom is 1.00 e. The van der Waals surface area contributed by atoms with Gasteiger partial charge < -0.3 is 10.9 Å². The number of hydrogen-bond acceptors (Lipinski definition) is 6. The van der Waals surface area contributed by atoms with Crippen LogP contribution in [-0.2, 0) is 29.2 Å². The second-order valence-corrected chi connectivity index (χ2v) is 17.2. The zero-order chi connectivity index (χ0) is 38.2. The molecule has 0 heterocycles. The summed E-state index contributed by atoms with van der Waals surface area (Å²) in [5, 5.41) is -1.93. The second kappa shape index (κ2) is 42.6. The van der Waals surface area contributed by atoms with Crippen molar-refractivity contribution in [2.24, 2.45) is 0 Å². The Morgan fingerprint density at radius 1 is 0.434 bits per heavy atom. The van der Waals surface area contributed by atoms with Gasteiger partial charge in [0.2, 0.25) is 0 Å². The molecule has 53 heavy (non-hydrogen) atoms. The molecule has 0 aromatic rings. The van der Waals surface area contributed by atoms with E-state index in [1.165, 1.54) is 186 Å². The topological polar surface area (TPSA) is 107 Å². The van der Waals surface area contributed by atoms with Crippen LogP contribution in [0.2, 0.25) is 0 Å². The van der Waals surface area contributed by atoms with Gasteiger partial charge in [0.05, 0.1) is 19.6 Å². The van der Waals surface area contributed by atoms with E-state index < -0.39 is 33.7 Å². The molecule has 1 N–H and O–H groups in total. The van der Waals surface area contributed by atoms with Crippen molar-refractivity contribution < 1.29 is 52.3 Å². The molecule has 0 aliphatic heterocycles. The Labute approximate surface area is 342 Å². The van der Waals surface area contributed by atoms with Gasteiger partial charge in [0.1, 0.15) is 0 Å². The first kappa shape index (κ1) is 54.5. The SMILES string of the molecule is CCCCCCCCCCCCCCCCCCCCOC(=O)CC(C(=O)OCCCCCCCCCCCCCCCCCCCC)S(=O)(=O)O.[H-].[Li+]. The van der Waals surface area contributed by atoms with E-state index in [1.54, 1.807) is 0 Å². The summed E-state index contributed by atoms with van der Waals surface area (Å²) in [5.41, 5.74) is 0. The molecule has 0 fully saturated rings. The summed E-state index contributed by atoms with van der Waals surface area (Å²) >= 11 is 0. The zero-order valence-electron chi connectivity index (χ0n) is 36.5. The summed E-state index contributed by atoms with van der Waals surface area (Å²) in [6.07, 6.45) is 44.8. The fourth-order valence-corrected chi connectivity index (χ4v) is 7.64. The Hall–Kier alpha value is -0.553. The molecule has 0 aromatic carbocycles. The van der Waals surface area contributed by atoms with Crippen LogP contribution in [0.25, 0.3) is 0 Å². The average molecular weight is 767 g/mol. The molecular weight excluding hydrogens is 679 g/mol. The van der Waals surface area contributed by atoms with Crippen molar-refractivity contribution in [3.63, 3.8) is 0 Å². The van der Waals surface area contributed by atoms with Crippen molar-refractivity contribution in [2.75, 3.05) is 13.2 Å². The van der Waals surface area contributed by atoms with Crippen LogP contribution >= 0.6 is 0 Å². The van der Waals surface area contributed by atoms with E-state index in [9.17, 15) is 22.6 Å². The van der Waals surface area contributed by atoms with Gasteiger partial charge in [-0.15, -0.1) is 0 Å². The fourth-order valence-electron chi connectivity index (χ4n) is 6.98. The second-order valence-electron chi connectivity index (χ2n) is 15.6. The quantitative estimate of drug-likeness (QED) is 0.0285. The minimum Gasteiger partial charge on any atom is -1.00 e. The van der Waals surface area contributed by atoms with Gasteiger partial charge in [-0.1, -0.05) is 232 Å². The van der Waals surface area contributed by atoms with E-state index in [4.69, 9.17) is 9.47 Å². The van der Waals surface area contributed by atoms with E-state index in [2.05, 4.69) is 13.8 Å². The first-order valence-electron chi connectivity index (χ1n) is 22.6. The molecule has 312 valence electrons.